The van der Waals surface area contributed by atoms with Crippen molar-refractivity contribution in [1.29, 1.82) is 0 Å². The van der Waals surface area contributed by atoms with Gasteiger partial charge in [0.2, 0.25) is 0 Å². The first-order valence-corrected chi connectivity index (χ1v) is 6.24. The van der Waals surface area contributed by atoms with E-state index in [1.807, 2.05) is 36.7 Å². The van der Waals surface area contributed by atoms with E-state index in [4.69, 9.17) is 16.3 Å². The Labute approximate surface area is 112 Å². The molecule has 18 heavy (non-hydrogen) atoms. The summed E-state index contributed by atoms with van der Waals surface area (Å²) < 4.78 is 5.01. The van der Waals surface area contributed by atoms with E-state index in [0.29, 0.717) is 10.8 Å². The molecule has 0 bridgehead atoms. The maximum absolute atomic E-state index is 6.10. The molecule has 2 aromatic rings. The molecule has 0 aliphatic rings. The number of ether oxygens (including phenoxy) is 1. The van der Waals surface area contributed by atoms with Crippen molar-refractivity contribution < 1.29 is 4.74 Å². The predicted molar refractivity (Wildman–Crippen MR) is 72.7 cm³/mol. The van der Waals surface area contributed by atoms with Gasteiger partial charge in [0, 0.05) is 31.7 Å². The van der Waals surface area contributed by atoms with Gasteiger partial charge in [-0.15, -0.1) is 0 Å². The van der Waals surface area contributed by atoms with Gasteiger partial charge in [0.05, 0.1) is 5.02 Å². The molecule has 94 valence electrons. The van der Waals surface area contributed by atoms with Gasteiger partial charge in [-0.3, -0.25) is 0 Å². The minimum atomic E-state index is 0.663. The molecule has 0 aliphatic heterocycles. The van der Waals surface area contributed by atoms with Crippen molar-refractivity contribution in [2.24, 2.45) is 0 Å². The zero-order chi connectivity index (χ0) is 12.8. The second kappa shape index (κ2) is 6.47. The summed E-state index contributed by atoms with van der Waals surface area (Å²) in [5.74, 6) is 0.663. The normalized spacial score (nSPS) is 10.6. The monoisotopic (exact) mass is 262 g/mol. The number of halogens is 1. The van der Waals surface area contributed by atoms with Crippen LogP contribution in [0.2, 0.25) is 5.02 Å². The molecule has 4 heteroatoms. The van der Waals surface area contributed by atoms with E-state index < -0.39 is 0 Å². The molecule has 0 unspecified atom stereocenters. The van der Waals surface area contributed by atoms with Crippen LogP contribution in [0.5, 0.6) is 0 Å². The Hall–Kier alpha value is -1.45. The number of methoxy groups -OCH3 is 1. The average molecular weight is 263 g/mol. The van der Waals surface area contributed by atoms with Crippen LogP contribution in [-0.2, 0) is 11.2 Å². The molecule has 0 aliphatic carbocycles. The van der Waals surface area contributed by atoms with Crippen molar-refractivity contribution in [3.63, 3.8) is 0 Å². The molecule has 1 heterocycles. The molecule has 0 atom stereocenters. The van der Waals surface area contributed by atoms with E-state index >= 15 is 0 Å². The fourth-order valence-electron chi connectivity index (χ4n) is 1.69. The third-order valence-electron chi connectivity index (χ3n) is 2.63. The number of rotatable bonds is 5. The van der Waals surface area contributed by atoms with E-state index in [2.05, 4.69) is 9.97 Å². The molecule has 1 aromatic carbocycles. The summed E-state index contributed by atoms with van der Waals surface area (Å²) >= 11 is 6.10. The number of nitrogens with zero attached hydrogens (tertiary/aromatic N) is 2. The Kier molecular flexibility index (Phi) is 4.67. The summed E-state index contributed by atoms with van der Waals surface area (Å²) in [4.78, 5) is 8.70. The van der Waals surface area contributed by atoms with Crippen molar-refractivity contribution in [2.45, 2.75) is 12.8 Å². The molecule has 1 aromatic heterocycles. The van der Waals surface area contributed by atoms with E-state index in [1.54, 1.807) is 7.11 Å². The molecule has 0 saturated carbocycles. The minimum Gasteiger partial charge on any atom is -0.385 e. The van der Waals surface area contributed by atoms with Crippen molar-refractivity contribution in [3.05, 3.63) is 47.2 Å². The molecule has 0 fully saturated rings. The highest BCUT2D eigenvalue weighted by atomic mass is 35.5. The lowest BCUT2D eigenvalue weighted by atomic mass is 10.2. The Morgan fingerprint density at radius 1 is 1.17 bits per heavy atom. The van der Waals surface area contributed by atoms with E-state index in [9.17, 15) is 0 Å². The topological polar surface area (TPSA) is 35.0 Å². The highest BCUT2D eigenvalue weighted by Gasteiger charge is 2.05. The first-order chi connectivity index (χ1) is 8.81. The third-order valence-corrected chi connectivity index (χ3v) is 2.96. The van der Waals surface area contributed by atoms with Crippen molar-refractivity contribution in [2.75, 3.05) is 13.7 Å². The maximum atomic E-state index is 6.10. The fourth-order valence-corrected chi connectivity index (χ4v) is 1.91. The van der Waals surface area contributed by atoms with Crippen LogP contribution in [0.4, 0.5) is 0 Å². The third kappa shape index (κ3) is 3.28. The number of aryl methyl sites for hydroxylation is 1. The Balaban J connectivity index is 2.10. The Morgan fingerprint density at radius 3 is 2.56 bits per heavy atom. The first kappa shape index (κ1) is 13.0. The van der Waals surface area contributed by atoms with Crippen molar-refractivity contribution in [1.82, 2.24) is 9.97 Å². The van der Waals surface area contributed by atoms with Crippen LogP contribution in [-0.4, -0.2) is 23.7 Å². The second-order valence-electron chi connectivity index (χ2n) is 3.99. The quantitative estimate of drug-likeness (QED) is 0.775. The first-order valence-electron chi connectivity index (χ1n) is 5.86. The van der Waals surface area contributed by atoms with Gasteiger partial charge in [-0.25, -0.2) is 9.97 Å². The zero-order valence-electron chi connectivity index (χ0n) is 10.3. The van der Waals surface area contributed by atoms with Crippen LogP contribution in [0, 0.1) is 0 Å². The van der Waals surface area contributed by atoms with Crippen LogP contribution >= 0.6 is 11.6 Å². The zero-order valence-corrected chi connectivity index (χ0v) is 11.0. The van der Waals surface area contributed by atoms with Gasteiger partial charge in [0.15, 0.2) is 5.82 Å². The smallest absolute Gasteiger partial charge is 0.160 e. The van der Waals surface area contributed by atoms with Crippen LogP contribution in [0.25, 0.3) is 11.4 Å². The average Bonchev–Trinajstić information content (AvgIpc) is 2.41. The summed E-state index contributed by atoms with van der Waals surface area (Å²) in [7, 11) is 1.71. The summed E-state index contributed by atoms with van der Waals surface area (Å²) in [6.07, 6.45) is 5.60. The van der Waals surface area contributed by atoms with E-state index in [1.165, 1.54) is 0 Å². The van der Waals surface area contributed by atoms with Gasteiger partial charge in [-0.2, -0.15) is 0 Å². The molecular weight excluding hydrogens is 248 g/mol. The number of aromatic nitrogens is 2. The van der Waals surface area contributed by atoms with Crippen LogP contribution in [0.1, 0.15) is 12.0 Å². The van der Waals surface area contributed by atoms with Gasteiger partial charge in [-0.05, 0) is 30.5 Å². The molecule has 2 rings (SSSR count). The SMILES string of the molecule is COCCCc1cnc(-c2ccccc2Cl)nc1. The Morgan fingerprint density at radius 2 is 1.89 bits per heavy atom. The second-order valence-corrected chi connectivity index (χ2v) is 4.40. The van der Waals surface area contributed by atoms with Gasteiger partial charge in [0.25, 0.3) is 0 Å². The largest absolute Gasteiger partial charge is 0.385 e. The lowest BCUT2D eigenvalue weighted by molar-refractivity contribution is 0.195. The molecule has 3 nitrogen and oxygen atoms in total. The minimum absolute atomic E-state index is 0.663. The van der Waals surface area contributed by atoms with Gasteiger partial charge in [0.1, 0.15) is 0 Å². The van der Waals surface area contributed by atoms with Crippen LogP contribution in [0.15, 0.2) is 36.7 Å². The maximum Gasteiger partial charge on any atom is 0.160 e. The van der Waals surface area contributed by atoms with Crippen LogP contribution < -0.4 is 0 Å². The summed E-state index contributed by atoms with van der Waals surface area (Å²) in [5.41, 5.74) is 1.98. The molecule has 0 radical (unpaired) electrons. The summed E-state index contributed by atoms with van der Waals surface area (Å²) in [6.45, 7) is 0.756. The number of hydrogen-bond acceptors (Lipinski definition) is 3. The fraction of sp³-hybridized carbons (Fsp3) is 0.286. The van der Waals surface area contributed by atoms with Gasteiger partial charge < -0.3 is 4.74 Å². The summed E-state index contributed by atoms with van der Waals surface area (Å²) in [5, 5.41) is 0.671. The highest BCUT2D eigenvalue weighted by Crippen LogP contribution is 2.24. The number of hydrogen-bond donors (Lipinski definition) is 0. The molecular formula is C14H15ClN2O. The van der Waals surface area contributed by atoms with Crippen molar-refractivity contribution in [3.8, 4) is 11.4 Å². The molecule has 0 saturated heterocycles. The lowest BCUT2D eigenvalue weighted by Gasteiger charge is -2.04. The van der Waals surface area contributed by atoms with Gasteiger partial charge in [-0.1, -0.05) is 23.7 Å². The lowest BCUT2D eigenvalue weighted by Crippen LogP contribution is -1.96. The van der Waals surface area contributed by atoms with E-state index in [-0.39, 0.29) is 0 Å². The van der Waals surface area contributed by atoms with Crippen LogP contribution in [0.3, 0.4) is 0 Å². The van der Waals surface area contributed by atoms with E-state index in [0.717, 1.165) is 30.6 Å². The number of benzene rings is 1. The predicted octanol–water partition coefficient (Wildman–Crippen LogP) is 3.38. The Bertz CT molecular complexity index is 499. The van der Waals surface area contributed by atoms with Gasteiger partial charge >= 0.3 is 0 Å². The van der Waals surface area contributed by atoms with Crippen molar-refractivity contribution >= 4 is 11.6 Å². The molecule has 0 amide bonds. The molecule has 0 spiro atoms. The molecule has 0 N–H and O–H groups in total. The highest BCUT2D eigenvalue weighted by molar-refractivity contribution is 6.33. The standard InChI is InChI=1S/C14H15ClN2O/c1-18-8-4-5-11-9-16-14(17-10-11)12-6-2-3-7-13(12)15/h2-3,6-7,9-10H,4-5,8H2,1H3. The summed E-state index contributed by atoms with van der Waals surface area (Å²) in [6, 6.07) is 7.58.